The summed E-state index contributed by atoms with van der Waals surface area (Å²) < 4.78 is 2.14. The predicted octanol–water partition coefficient (Wildman–Crippen LogP) is 2.51. The Morgan fingerprint density at radius 2 is 2.05 bits per heavy atom. The summed E-state index contributed by atoms with van der Waals surface area (Å²) in [6.07, 6.45) is 8.32. The number of hydrogen-bond donors (Lipinski definition) is 1. The van der Waals surface area contributed by atoms with Gasteiger partial charge in [0, 0.05) is 32.0 Å². The van der Waals surface area contributed by atoms with E-state index in [1.54, 1.807) is 0 Å². The Balaban J connectivity index is 1.60. The summed E-state index contributed by atoms with van der Waals surface area (Å²) in [4.78, 5) is 11.2. The van der Waals surface area contributed by atoms with Gasteiger partial charge in [0.25, 0.3) is 0 Å². The van der Waals surface area contributed by atoms with Crippen LogP contribution in [0.15, 0.2) is 30.7 Å². The molecule has 1 aliphatic heterocycles. The number of nitrogens with one attached hydrogen (secondary N) is 1. The zero-order valence-electron chi connectivity index (χ0n) is 11.9. The van der Waals surface area contributed by atoms with Crippen LogP contribution in [0.1, 0.15) is 25.6 Å². The van der Waals surface area contributed by atoms with E-state index in [1.807, 2.05) is 18.6 Å². The molecule has 3 heterocycles. The summed E-state index contributed by atoms with van der Waals surface area (Å²) in [6, 6.07) is 4.19. The number of hydrogen-bond acceptors (Lipinski definition) is 4. The minimum absolute atomic E-state index is 0.728. The van der Waals surface area contributed by atoms with Crippen LogP contribution >= 0.6 is 0 Å². The third-order valence-electron chi connectivity index (χ3n) is 3.77. The molecule has 5 nitrogen and oxygen atoms in total. The summed E-state index contributed by atoms with van der Waals surface area (Å²) in [5, 5.41) is 3.38. The van der Waals surface area contributed by atoms with Crippen molar-refractivity contribution >= 4 is 11.5 Å². The third kappa shape index (κ3) is 2.76. The molecular weight excluding hydrogens is 250 g/mol. The van der Waals surface area contributed by atoms with Crippen LogP contribution in [-0.4, -0.2) is 27.6 Å². The SMILES string of the molecule is CCn1ccnc1CNc1ccc(N2CCCC2)nc1. The van der Waals surface area contributed by atoms with Crippen molar-refractivity contribution in [1.29, 1.82) is 0 Å². The number of anilines is 2. The fourth-order valence-electron chi connectivity index (χ4n) is 2.60. The summed E-state index contributed by atoms with van der Waals surface area (Å²) >= 11 is 0. The van der Waals surface area contributed by atoms with E-state index in [-0.39, 0.29) is 0 Å². The second-order valence-electron chi connectivity index (χ2n) is 5.08. The Morgan fingerprint density at radius 3 is 2.75 bits per heavy atom. The minimum atomic E-state index is 0.728. The Kier molecular flexibility index (Phi) is 3.85. The summed E-state index contributed by atoms with van der Waals surface area (Å²) in [5.41, 5.74) is 1.04. The topological polar surface area (TPSA) is 46.0 Å². The first-order valence-corrected chi connectivity index (χ1v) is 7.31. The Labute approximate surface area is 119 Å². The lowest BCUT2D eigenvalue weighted by atomic mass is 10.3. The van der Waals surface area contributed by atoms with Crippen molar-refractivity contribution in [3.8, 4) is 0 Å². The predicted molar refractivity (Wildman–Crippen MR) is 80.9 cm³/mol. The highest BCUT2D eigenvalue weighted by Gasteiger charge is 2.12. The molecule has 20 heavy (non-hydrogen) atoms. The fraction of sp³-hybridized carbons (Fsp3) is 0.467. The van der Waals surface area contributed by atoms with Crippen LogP contribution in [0.25, 0.3) is 0 Å². The smallest absolute Gasteiger partial charge is 0.128 e. The first-order valence-electron chi connectivity index (χ1n) is 7.31. The van der Waals surface area contributed by atoms with E-state index >= 15 is 0 Å². The van der Waals surface area contributed by atoms with Gasteiger partial charge < -0.3 is 14.8 Å². The second-order valence-corrected chi connectivity index (χ2v) is 5.08. The summed E-state index contributed by atoms with van der Waals surface area (Å²) in [6.45, 7) is 6.06. The third-order valence-corrected chi connectivity index (χ3v) is 3.77. The molecule has 0 spiro atoms. The molecule has 3 rings (SSSR count). The van der Waals surface area contributed by atoms with Crippen LogP contribution in [0.3, 0.4) is 0 Å². The highest BCUT2D eigenvalue weighted by Crippen LogP contribution is 2.19. The molecule has 5 heteroatoms. The molecule has 0 radical (unpaired) electrons. The maximum absolute atomic E-state index is 4.54. The van der Waals surface area contributed by atoms with E-state index in [0.29, 0.717) is 0 Å². The average molecular weight is 271 g/mol. The van der Waals surface area contributed by atoms with Crippen LogP contribution < -0.4 is 10.2 Å². The van der Waals surface area contributed by atoms with Gasteiger partial charge in [-0.1, -0.05) is 0 Å². The average Bonchev–Trinajstić information content (AvgIpc) is 3.16. The molecule has 0 amide bonds. The van der Waals surface area contributed by atoms with Gasteiger partial charge in [0.1, 0.15) is 11.6 Å². The van der Waals surface area contributed by atoms with Crippen molar-refractivity contribution in [3.63, 3.8) is 0 Å². The lowest BCUT2D eigenvalue weighted by Crippen LogP contribution is -2.18. The van der Waals surface area contributed by atoms with E-state index < -0.39 is 0 Å². The second kappa shape index (κ2) is 5.94. The number of nitrogens with zero attached hydrogens (tertiary/aromatic N) is 4. The van der Waals surface area contributed by atoms with Gasteiger partial charge in [-0.25, -0.2) is 9.97 Å². The first-order chi connectivity index (χ1) is 9.86. The molecule has 1 aliphatic rings. The van der Waals surface area contributed by atoms with Crippen molar-refractivity contribution in [3.05, 3.63) is 36.5 Å². The molecule has 0 unspecified atom stereocenters. The lowest BCUT2D eigenvalue weighted by Gasteiger charge is -2.16. The summed E-state index contributed by atoms with van der Waals surface area (Å²) in [5.74, 6) is 2.14. The highest BCUT2D eigenvalue weighted by atomic mass is 15.2. The van der Waals surface area contributed by atoms with Gasteiger partial charge in [-0.05, 0) is 31.9 Å². The zero-order valence-corrected chi connectivity index (χ0v) is 11.9. The van der Waals surface area contributed by atoms with Gasteiger partial charge in [0.05, 0.1) is 18.4 Å². The molecule has 2 aromatic rings. The van der Waals surface area contributed by atoms with Crippen LogP contribution in [0.4, 0.5) is 11.5 Å². The number of imidazole rings is 1. The van der Waals surface area contributed by atoms with E-state index in [2.05, 4.69) is 43.8 Å². The minimum Gasteiger partial charge on any atom is -0.377 e. The standard InChI is InChI=1S/C15H21N5/c1-2-19-10-7-16-15(19)12-17-13-5-6-14(18-11-13)20-8-3-4-9-20/h5-7,10-11,17H,2-4,8-9,12H2,1H3. The van der Waals surface area contributed by atoms with Crippen LogP contribution in [0.5, 0.6) is 0 Å². The van der Waals surface area contributed by atoms with Crippen molar-refractivity contribution in [2.24, 2.45) is 0 Å². The number of aromatic nitrogens is 3. The fourth-order valence-corrected chi connectivity index (χ4v) is 2.60. The van der Waals surface area contributed by atoms with Gasteiger partial charge in [0.2, 0.25) is 0 Å². The van der Waals surface area contributed by atoms with E-state index in [0.717, 1.165) is 43.5 Å². The molecular formula is C15H21N5. The maximum Gasteiger partial charge on any atom is 0.128 e. The van der Waals surface area contributed by atoms with Crippen LogP contribution in [0, 0.1) is 0 Å². The number of aryl methyl sites for hydroxylation is 1. The van der Waals surface area contributed by atoms with E-state index in [4.69, 9.17) is 0 Å². The van der Waals surface area contributed by atoms with Crippen LogP contribution in [-0.2, 0) is 13.1 Å². The van der Waals surface area contributed by atoms with Crippen molar-refractivity contribution in [1.82, 2.24) is 14.5 Å². The zero-order chi connectivity index (χ0) is 13.8. The maximum atomic E-state index is 4.54. The molecule has 0 bridgehead atoms. The van der Waals surface area contributed by atoms with Crippen molar-refractivity contribution in [2.45, 2.75) is 32.9 Å². The van der Waals surface area contributed by atoms with Gasteiger partial charge in [0.15, 0.2) is 0 Å². The van der Waals surface area contributed by atoms with E-state index in [1.165, 1.54) is 12.8 Å². The highest BCUT2D eigenvalue weighted by molar-refractivity contribution is 5.49. The first kappa shape index (κ1) is 13.0. The van der Waals surface area contributed by atoms with Crippen molar-refractivity contribution in [2.75, 3.05) is 23.3 Å². The molecule has 2 aromatic heterocycles. The Hall–Kier alpha value is -2.04. The monoisotopic (exact) mass is 271 g/mol. The Morgan fingerprint density at radius 1 is 1.20 bits per heavy atom. The molecule has 0 saturated carbocycles. The normalized spacial score (nSPS) is 14.8. The van der Waals surface area contributed by atoms with Gasteiger partial charge >= 0.3 is 0 Å². The number of rotatable bonds is 5. The van der Waals surface area contributed by atoms with Gasteiger partial charge in [-0.15, -0.1) is 0 Å². The molecule has 1 saturated heterocycles. The lowest BCUT2D eigenvalue weighted by molar-refractivity contribution is 0.708. The largest absolute Gasteiger partial charge is 0.377 e. The Bertz CT molecular complexity index is 540. The molecule has 106 valence electrons. The van der Waals surface area contributed by atoms with Crippen LogP contribution in [0.2, 0.25) is 0 Å². The summed E-state index contributed by atoms with van der Waals surface area (Å²) in [7, 11) is 0. The molecule has 0 aliphatic carbocycles. The molecule has 0 aromatic carbocycles. The molecule has 0 atom stereocenters. The van der Waals surface area contributed by atoms with Crippen molar-refractivity contribution < 1.29 is 0 Å². The molecule has 1 N–H and O–H groups in total. The van der Waals surface area contributed by atoms with E-state index in [9.17, 15) is 0 Å². The molecule has 1 fully saturated rings. The number of pyridine rings is 1. The quantitative estimate of drug-likeness (QED) is 0.907. The van der Waals surface area contributed by atoms with Gasteiger partial charge in [-0.3, -0.25) is 0 Å². The van der Waals surface area contributed by atoms with Gasteiger partial charge in [-0.2, -0.15) is 0 Å².